The standard InChI is InChI=1S/C23H28ClNO4/c1-4-12-29-22-20(24)13-18(14-21(22)28-5-2)23(26)25-11-10-17(15-25)16-6-8-19(27-3)9-7-16/h6-9,13-14,17H,4-5,10-12,15H2,1-3H3. The van der Waals surface area contributed by atoms with Gasteiger partial charge in [-0.15, -0.1) is 0 Å². The lowest BCUT2D eigenvalue weighted by Gasteiger charge is -2.19. The zero-order valence-electron chi connectivity index (χ0n) is 17.2. The van der Waals surface area contributed by atoms with E-state index in [1.54, 1.807) is 19.2 Å². The molecule has 3 rings (SSSR count). The lowest BCUT2D eigenvalue weighted by Crippen LogP contribution is -2.28. The summed E-state index contributed by atoms with van der Waals surface area (Å²) in [5.74, 6) is 2.14. The Balaban J connectivity index is 1.75. The first-order valence-corrected chi connectivity index (χ1v) is 10.5. The van der Waals surface area contributed by atoms with Crippen molar-refractivity contribution in [2.24, 2.45) is 0 Å². The first-order valence-electron chi connectivity index (χ1n) is 10.1. The Morgan fingerprint density at radius 2 is 1.93 bits per heavy atom. The second kappa shape index (κ2) is 9.88. The SMILES string of the molecule is CCCOc1c(Cl)cc(C(=O)N2CCC(c3ccc(OC)cc3)C2)cc1OCC. The van der Waals surface area contributed by atoms with Gasteiger partial charge in [-0.1, -0.05) is 30.7 Å². The molecule has 0 saturated carbocycles. The average molecular weight is 418 g/mol. The highest BCUT2D eigenvalue weighted by molar-refractivity contribution is 6.32. The van der Waals surface area contributed by atoms with E-state index in [0.29, 0.717) is 54.3 Å². The van der Waals surface area contributed by atoms with Gasteiger partial charge in [-0.05, 0) is 49.6 Å². The molecule has 29 heavy (non-hydrogen) atoms. The van der Waals surface area contributed by atoms with Crippen molar-refractivity contribution in [3.63, 3.8) is 0 Å². The minimum Gasteiger partial charge on any atom is -0.497 e. The summed E-state index contributed by atoms with van der Waals surface area (Å²) >= 11 is 6.42. The van der Waals surface area contributed by atoms with E-state index in [2.05, 4.69) is 12.1 Å². The van der Waals surface area contributed by atoms with Gasteiger partial charge in [-0.2, -0.15) is 0 Å². The summed E-state index contributed by atoms with van der Waals surface area (Å²) in [6.45, 7) is 6.33. The molecular weight excluding hydrogens is 390 g/mol. The van der Waals surface area contributed by atoms with Gasteiger partial charge in [0.15, 0.2) is 11.5 Å². The van der Waals surface area contributed by atoms with Gasteiger partial charge in [-0.25, -0.2) is 0 Å². The van der Waals surface area contributed by atoms with Crippen LogP contribution in [0.25, 0.3) is 0 Å². The van der Waals surface area contributed by atoms with Gasteiger partial charge in [0, 0.05) is 24.6 Å². The fourth-order valence-corrected chi connectivity index (χ4v) is 3.84. The normalized spacial score (nSPS) is 16.0. The van der Waals surface area contributed by atoms with Crippen molar-refractivity contribution in [3.8, 4) is 17.2 Å². The van der Waals surface area contributed by atoms with Crippen molar-refractivity contribution in [3.05, 3.63) is 52.5 Å². The zero-order chi connectivity index (χ0) is 20.8. The van der Waals surface area contributed by atoms with Gasteiger partial charge in [0.2, 0.25) is 0 Å². The number of carbonyl (C=O) groups excluding carboxylic acids is 1. The van der Waals surface area contributed by atoms with Crippen LogP contribution < -0.4 is 14.2 Å². The van der Waals surface area contributed by atoms with Crippen molar-refractivity contribution in [2.45, 2.75) is 32.6 Å². The van der Waals surface area contributed by atoms with E-state index in [-0.39, 0.29) is 5.91 Å². The molecule has 1 heterocycles. The maximum absolute atomic E-state index is 13.1. The Morgan fingerprint density at radius 3 is 2.59 bits per heavy atom. The fourth-order valence-electron chi connectivity index (χ4n) is 3.57. The molecule has 1 saturated heterocycles. The number of likely N-dealkylation sites (tertiary alicyclic amines) is 1. The Labute approximate surface area is 177 Å². The van der Waals surface area contributed by atoms with Crippen LogP contribution in [0.5, 0.6) is 17.2 Å². The Hall–Kier alpha value is -2.40. The van der Waals surface area contributed by atoms with Crippen molar-refractivity contribution >= 4 is 17.5 Å². The smallest absolute Gasteiger partial charge is 0.254 e. The topological polar surface area (TPSA) is 48.0 Å². The van der Waals surface area contributed by atoms with Crippen molar-refractivity contribution in [1.82, 2.24) is 4.90 Å². The summed E-state index contributed by atoms with van der Waals surface area (Å²) in [4.78, 5) is 15.0. The van der Waals surface area contributed by atoms with Crippen molar-refractivity contribution < 1.29 is 19.0 Å². The second-order valence-corrected chi connectivity index (χ2v) is 7.48. The molecule has 1 amide bonds. The molecule has 0 radical (unpaired) electrons. The third-order valence-electron chi connectivity index (χ3n) is 5.07. The van der Waals surface area contributed by atoms with Crippen LogP contribution in [0.3, 0.4) is 0 Å². The summed E-state index contributed by atoms with van der Waals surface area (Å²) < 4.78 is 16.6. The van der Waals surface area contributed by atoms with E-state index in [4.69, 9.17) is 25.8 Å². The van der Waals surface area contributed by atoms with Crippen LogP contribution in [-0.2, 0) is 0 Å². The summed E-state index contributed by atoms with van der Waals surface area (Å²) in [6, 6.07) is 11.5. The molecule has 5 nitrogen and oxygen atoms in total. The molecule has 1 fully saturated rings. The van der Waals surface area contributed by atoms with Crippen LogP contribution >= 0.6 is 11.6 Å². The Bertz CT molecular complexity index is 838. The van der Waals surface area contributed by atoms with Crippen molar-refractivity contribution in [2.75, 3.05) is 33.4 Å². The van der Waals surface area contributed by atoms with Gasteiger partial charge in [0.1, 0.15) is 5.75 Å². The van der Waals surface area contributed by atoms with E-state index in [0.717, 1.165) is 18.6 Å². The molecule has 6 heteroatoms. The molecule has 156 valence electrons. The van der Waals surface area contributed by atoms with Crippen molar-refractivity contribution in [1.29, 1.82) is 0 Å². The largest absolute Gasteiger partial charge is 0.497 e. The number of halogens is 1. The molecule has 2 aromatic carbocycles. The van der Waals surface area contributed by atoms with Gasteiger partial charge >= 0.3 is 0 Å². The zero-order valence-corrected chi connectivity index (χ0v) is 18.0. The van der Waals surface area contributed by atoms with Crippen LogP contribution in [-0.4, -0.2) is 44.2 Å². The molecule has 0 aliphatic carbocycles. The number of hydrogen-bond donors (Lipinski definition) is 0. The highest BCUT2D eigenvalue weighted by Gasteiger charge is 2.29. The van der Waals surface area contributed by atoms with E-state index in [1.165, 1.54) is 5.56 Å². The van der Waals surface area contributed by atoms with Gasteiger partial charge in [0.05, 0.1) is 25.3 Å². The first kappa shape index (κ1) is 21.3. The maximum Gasteiger partial charge on any atom is 0.254 e. The number of methoxy groups -OCH3 is 1. The minimum absolute atomic E-state index is 0.0362. The predicted octanol–water partition coefficient (Wildman–Crippen LogP) is 5.17. The lowest BCUT2D eigenvalue weighted by molar-refractivity contribution is 0.0790. The molecule has 1 aliphatic heterocycles. The molecule has 1 atom stereocenters. The average Bonchev–Trinajstić information content (AvgIpc) is 3.23. The van der Waals surface area contributed by atoms with E-state index >= 15 is 0 Å². The predicted molar refractivity (Wildman–Crippen MR) is 115 cm³/mol. The molecule has 1 unspecified atom stereocenters. The quantitative estimate of drug-likeness (QED) is 0.594. The first-order chi connectivity index (χ1) is 14.1. The second-order valence-electron chi connectivity index (χ2n) is 7.08. The number of amides is 1. The van der Waals surface area contributed by atoms with E-state index in [1.807, 2.05) is 30.9 Å². The number of rotatable bonds is 8. The number of ether oxygens (including phenoxy) is 3. The summed E-state index contributed by atoms with van der Waals surface area (Å²) in [5.41, 5.74) is 1.75. The van der Waals surface area contributed by atoms with Crippen LogP contribution in [0.1, 0.15) is 48.5 Å². The van der Waals surface area contributed by atoms with Crippen LogP contribution in [0, 0.1) is 0 Å². The lowest BCUT2D eigenvalue weighted by atomic mass is 9.98. The summed E-state index contributed by atoms with van der Waals surface area (Å²) in [6.07, 6.45) is 1.80. The molecule has 1 aliphatic rings. The molecule has 0 bridgehead atoms. The molecular formula is C23H28ClNO4. The fraction of sp³-hybridized carbons (Fsp3) is 0.435. The molecule has 2 aromatic rings. The summed E-state index contributed by atoms with van der Waals surface area (Å²) in [5, 5.41) is 0.402. The van der Waals surface area contributed by atoms with Gasteiger partial charge in [-0.3, -0.25) is 4.79 Å². The van der Waals surface area contributed by atoms with Crippen LogP contribution in [0.2, 0.25) is 5.02 Å². The Morgan fingerprint density at radius 1 is 1.17 bits per heavy atom. The van der Waals surface area contributed by atoms with Crippen LogP contribution in [0.15, 0.2) is 36.4 Å². The molecule has 0 N–H and O–H groups in total. The van der Waals surface area contributed by atoms with Crippen LogP contribution in [0.4, 0.5) is 0 Å². The third-order valence-corrected chi connectivity index (χ3v) is 5.35. The minimum atomic E-state index is -0.0362. The van der Waals surface area contributed by atoms with E-state index in [9.17, 15) is 4.79 Å². The summed E-state index contributed by atoms with van der Waals surface area (Å²) in [7, 11) is 1.66. The van der Waals surface area contributed by atoms with E-state index < -0.39 is 0 Å². The Kier molecular flexibility index (Phi) is 7.26. The number of carbonyl (C=O) groups is 1. The highest BCUT2D eigenvalue weighted by Crippen LogP contribution is 2.38. The third kappa shape index (κ3) is 4.96. The molecule has 0 aromatic heterocycles. The monoisotopic (exact) mass is 417 g/mol. The van der Waals surface area contributed by atoms with Gasteiger partial charge < -0.3 is 19.1 Å². The maximum atomic E-state index is 13.1. The molecule has 0 spiro atoms. The number of hydrogen-bond acceptors (Lipinski definition) is 4. The van der Waals surface area contributed by atoms with Gasteiger partial charge in [0.25, 0.3) is 5.91 Å². The number of nitrogens with zero attached hydrogens (tertiary/aromatic N) is 1. The highest BCUT2D eigenvalue weighted by atomic mass is 35.5. The number of benzene rings is 2.